The van der Waals surface area contributed by atoms with Crippen LogP contribution >= 0.6 is 0 Å². The summed E-state index contributed by atoms with van der Waals surface area (Å²) in [6.07, 6.45) is 1.29. The highest BCUT2D eigenvalue weighted by Crippen LogP contribution is 1.98. The molecule has 0 aliphatic heterocycles. The second-order valence-corrected chi connectivity index (χ2v) is 2.86. The first-order valence-electron chi connectivity index (χ1n) is 4.38. The molecule has 82 valence electrons. The molecule has 1 amide bonds. The Labute approximate surface area is 82.4 Å². The minimum absolute atomic E-state index is 0.415. The van der Waals surface area contributed by atoms with Crippen LogP contribution < -0.4 is 11.1 Å². The van der Waals surface area contributed by atoms with Crippen LogP contribution in [-0.4, -0.2) is 36.9 Å². The second kappa shape index (κ2) is 7.14. The van der Waals surface area contributed by atoms with E-state index < -0.39 is 18.1 Å². The van der Waals surface area contributed by atoms with E-state index in [9.17, 15) is 9.59 Å². The highest BCUT2D eigenvalue weighted by atomic mass is 16.5. The van der Waals surface area contributed by atoms with Crippen molar-refractivity contribution >= 4 is 12.1 Å². The van der Waals surface area contributed by atoms with Crippen molar-refractivity contribution in [2.45, 2.75) is 25.3 Å². The van der Waals surface area contributed by atoms with E-state index in [0.29, 0.717) is 25.8 Å². The molecule has 6 nitrogen and oxygen atoms in total. The molecular weight excluding hydrogens is 188 g/mol. The van der Waals surface area contributed by atoms with Crippen LogP contribution in [0.5, 0.6) is 0 Å². The Morgan fingerprint density at radius 2 is 2.14 bits per heavy atom. The summed E-state index contributed by atoms with van der Waals surface area (Å²) < 4.78 is 4.35. The van der Waals surface area contributed by atoms with Gasteiger partial charge in [0.2, 0.25) is 0 Å². The maximum Gasteiger partial charge on any atom is 0.406 e. The number of alkyl carbamates (subject to hydrolysis) is 1. The zero-order chi connectivity index (χ0) is 11.0. The van der Waals surface area contributed by atoms with Gasteiger partial charge in [0, 0.05) is 6.54 Å². The summed E-state index contributed by atoms with van der Waals surface area (Å²) in [4.78, 5) is 20.9. The van der Waals surface area contributed by atoms with Crippen LogP contribution in [0.1, 0.15) is 19.3 Å². The summed E-state index contributed by atoms with van der Waals surface area (Å²) in [5.74, 6) is -0.995. The number of carbonyl (C=O) groups is 2. The Bertz CT molecular complexity index is 196. The Morgan fingerprint density at radius 1 is 1.50 bits per heavy atom. The van der Waals surface area contributed by atoms with Gasteiger partial charge < -0.3 is 20.9 Å². The normalized spacial score (nSPS) is 11.9. The minimum atomic E-state index is -0.995. The minimum Gasteiger partial charge on any atom is -0.480 e. The molecule has 14 heavy (non-hydrogen) atoms. The van der Waals surface area contributed by atoms with Crippen molar-refractivity contribution in [1.29, 1.82) is 0 Å². The number of hydrogen-bond donors (Lipinski definition) is 3. The molecule has 0 aliphatic rings. The number of carboxylic acid groups (broad SMARTS) is 1. The van der Waals surface area contributed by atoms with E-state index in [0.717, 1.165) is 0 Å². The number of unbranched alkanes of at least 4 members (excludes halogenated alkanes) is 1. The lowest BCUT2D eigenvalue weighted by atomic mass is 10.1. The first kappa shape index (κ1) is 12.7. The van der Waals surface area contributed by atoms with Crippen molar-refractivity contribution in [2.75, 3.05) is 13.7 Å². The fourth-order valence-electron chi connectivity index (χ4n) is 0.875. The molecule has 1 unspecified atom stereocenters. The van der Waals surface area contributed by atoms with E-state index in [4.69, 9.17) is 10.8 Å². The highest BCUT2D eigenvalue weighted by Gasteiger charge is 2.09. The number of ether oxygens (including phenoxy) is 1. The van der Waals surface area contributed by atoms with Crippen LogP contribution in [0.4, 0.5) is 4.79 Å². The molecule has 0 aromatic carbocycles. The van der Waals surface area contributed by atoms with Gasteiger partial charge >= 0.3 is 12.1 Å². The third-order valence-corrected chi connectivity index (χ3v) is 1.71. The monoisotopic (exact) mass is 204 g/mol. The predicted octanol–water partition coefficient (Wildman–Crippen LogP) is -0.0754. The van der Waals surface area contributed by atoms with E-state index in [2.05, 4.69) is 10.1 Å². The molecule has 4 N–H and O–H groups in total. The first-order valence-corrected chi connectivity index (χ1v) is 4.38. The van der Waals surface area contributed by atoms with Crippen molar-refractivity contribution in [2.24, 2.45) is 5.73 Å². The summed E-state index contributed by atoms with van der Waals surface area (Å²) >= 11 is 0. The molecule has 0 rings (SSSR count). The number of nitrogens with two attached hydrogens (primary N) is 1. The highest BCUT2D eigenvalue weighted by molar-refractivity contribution is 5.72. The number of rotatable bonds is 6. The van der Waals surface area contributed by atoms with Gasteiger partial charge in [-0.1, -0.05) is 0 Å². The van der Waals surface area contributed by atoms with Gasteiger partial charge in [0.25, 0.3) is 0 Å². The molecule has 0 aromatic rings. The quantitative estimate of drug-likeness (QED) is 0.525. The van der Waals surface area contributed by atoms with Gasteiger partial charge in [-0.3, -0.25) is 4.79 Å². The van der Waals surface area contributed by atoms with E-state index in [1.807, 2.05) is 0 Å². The van der Waals surface area contributed by atoms with Crippen molar-refractivity contribution in [3.05, 3.63) is 0 Å². The van der Waals surface area contributed by atoms with E-state index in [1.54, 1.807) is 0 Å². The van der Waals surface area contributed by atoms with Gasteiger partial charge in [-0.2, -0.15) is 0 Å². The average molecular weight is 204 g/mol. The van der Waals surface area contributed by atoms with Crippen molar-refractivity contribution in [3.8, 4) is 0 Å². The molecule has 0 saturated carbocycles. The Kier molecular flexibility index (Phi) is 6.47. The third-order valence-electron chi connectivity index (χ3n) is 1.71. The molecule has 0 aromatic heterocycles. The van der Waals surface area contributed by atoms with Crippen molar-refractivity contribution in [1.82, 2.24) is 5.32 Å². The van der Waals surface area contributed by atoms with Crippen molar-refractivity contribution < 1.29 is 19.4 Å². The molecule has 0 saturated heterocycles. The summed E-state index contributed by atoms with van der Waals surface area (Å²) in [5.41, 5.74) is 5.27. The third kappa shape index (κ3) is 6.24. The molecule has 0 spiro atoms. The average Bonchev–Trinajstić information content (AvgIpc) is 2.16. The lowest BCUT2D eigenvalue weighted by molar-refractivity contribution is -0.138. The smallest absolute Gasteiger partial charge is 0.406 e. The predicted molar refractivity (Wildman–Crippen MR) is 49.9 cm³/mol. The van der Waals surface area contributed by atoms with E-state index in [-0.39, 0.29) is 0 Å². The molecule has 6 heteroatoms. The van der Waals surface area contributed by atoms with Crippen molar-refractivity contribution in [3.63, 3.8) is 0 Å². The fraction of sp³-hybridized carbons (Fsp3) is 0.750. The van der Waals surface area contributed by atoms with Gasteiger partial charge in [-0.05, 0) is 19.3 Å². The van der Waals surface area contributed by atoms with Crippen LogP contribution in [0.15, 0.2) is 0 Å². The van der Waals surface area contributed by atoms with Crippen LogP contribution in [0, 0.1) is 0 Å². The second-order valence-electron chi connectivity index (χ2n) is 2.86. The Morgan fingerprint density at radius 3 is 2.64 bits per heavy atom. The summed E-state index contributed by atoms with van der Waals surface area (Å²) in [5, 5.41) is 10.9. The largest absolute Gasteiger partial charge is 0.480 e. The van der Waals surface area contributed by atoms with E-state index >= 15 is 0 Å². The molecular formula is C8H16N2O4. The number of aliphatic carboxylic acids is 1. The maximum atomic E-state index is 10.6. The molecule has 0 aliphatic carbocycles. The van der Waals surface area contributed by atoms with Crippen LogP contribution in [0.3, 0.4) is 0 Å². The zero-order valence-electron chi connectivity index (χ0n) is 8.16. The number of carbonyl (C=O) groups excluding carboxylic acids is 1. The SMILES string of the molecule is COC(=O)NCCCCC(N)C(=O)O. The standard InChI is InChI=1S/C8H16N2O4/c1-14-8(13)10-5-3-2-4-6(9)7(11)12/h6H,2-5,9H2,1H3,(H,10,13)(H,11,12). The molecule has 0 heterocycles. The number of hydrogen-bond acceptors (Lipinski definition) is 4. The number of nitrogens with one attached hydrogen (secondary N) is 1. The van der Waals surface area contributed by atoms with E-state index in [1.165, 1.54) is 7.11 Å². The molecule has 0 fully saturated rings. The lowest BCUT2D eigenvalue weighted by Gasteiger charge is -2.06. The first-order chi connectivity index (χ1) is 6.57. The van der Waals surface area contributed by atoms with Gasteiger partial charge in [-0.15, -0.1) is 0 Å². The molecule has 0 bridgehead atoms. The Hall–Kier alpha value is -1.30. The summed E-state index contributed by atoms with van der Waals surface area (Å²) in [6.45, 7) is 0.471. The van der Waals surface area contributed by atoms with Crippen LogP contribution in [0.2, 0.25) is 0 Å². The van der Waals surface area contributed by atoms with Gasteiger partial charge in [0.15, 0.2) is 0 Å². The number of carboxylic acids is 1. The summed E-state index contributed by atoms with van der Waals surface area (Å²) in [7, 11) is 1.29. The zero-order valence-corrected chi connectivity index (χ0v) is 8.16. The van der Waals surface area contributed by atoms with Gasteiger partial charge in [-0.25, -0.2) is 4.79 Å². The number of methoxy groups -OCH3 is 1. The Balaban J connectivity index is 3.30. The number of amides is 1. The molecule has 0 radical (unpaired) electrons. The maximum absolute atomic E-state index is 10.6. The van der Waals surface area contributed by atoms with Gasteiger partial charge in [0.1, 0.15) is 6.04 Å². The molecule has 1 atom stereocenters. The van der Waals surface area contributed by atoms with Crippen LogP contribution in [0.25, 0.3) is 0 Å². The van der Waals surface area contributed by atoms with Gasteiger partial charge in [0.05, 0.1) is 7.11 Å². The topological polar surface area (TPSA) is 102 Å². The van der Waals surface area contributed by atoms with Crippen LogP contribution in [-0.2, 0) is 9.53 Å². The lowest BCUT2D eigenvalue weighted by Crippen LogP contribution is -2.30. The fourth-order valence-corrected chi connectivity index (χ4v) is 0.875. The summed E-state index contributed by atoms with van der Waals surface area (Å²) in [6, 6.07) is -0.812.